The topological polar surface area (TPSA) is 15.3 Å². The Morgan fingerprint density at radius 3 is 2.42 bits per heavy atom. The molecule has 3 aromatic carbocycles. The van der Waals surface area contributed by atoms with Crippen molar-refractivity contribution in [2.45, 2.75) is 24.8 Å². The molecule has 1 N–H and O–H groups in total. The average molecular weight is 425 g/mol. The van der Waals surface area contributed by atoms with Crippen molar-refractivity contribution in [3.63, 3.8) is 0 Å². The molecule has 0 aromatic heterocycles. The van der Waals surface area contributed by atoms with Crippen molar-refractivity contribution in [3.8, 4) is 0 Å². The van der Waals surface area contributed by atoms with E-state index in [0.29, 0.717) is 0 Å². The summed E-state index contributed by atoms with van der Waals surface area (Å²) in [7, 11) is 0. The van der Waals surface area contributed by atoms with Crippen LogP contribution in [0, 0.1) is 0 Å². The molecule has 0 saturated heterocycles. The number of nitrogens with one attached hydrogen (secondary N) is 1. The van der Waals surface area contributed by atoms with E-state index >= 15 is 0 Å². The third kappa shape index (κ3) is 3.80. The third-order valence-electron chi connectivity index (χ3n) is 6.24. The minimum atomic E-state index is -0.0797. The standard InChI is InChI=1S/C28H25ClN2/c1-28(18-15-22(16-19-28)21-7-3-2-4-8-21)25-9-5-6-10-27(25)31-26(17-20-30-31)23-11-13-24(29)14-12-23/h2-18,20,26,30H,19H2,1H3. The second kappa shape index (κ2) is 8.13. The number of hydrogen-bond donors (Lipinski definition) is 1. The lowest BCUT2D eigenvalue weighted by Crippen LogP contribution is -2.35. The summed E-state index contributed by atoms with van der Waals surface area (Å²) in [5, 5.41) is 3.00. The number of para-hydroxylation sites is 1. The first-order valence-electron chi connectivity index (χ1n) is 10.7. The zero-order valence-corrected chi connectivity index (χ0v) is 18.3. The number of halogens is 1. The molecular formula is C28H25ClN2. The van der Waals surface area contributed by atoms with E-state index in [1.54, 1.807) is 0 Å². The van der Waals surface area contributed by atoms with Gasteiger partial charge in [-0.2, -0.15) is 0 Å². The van der Waals surface area contributed by atoms with Gasteiger partial charge in [0.15, 0.2) is 0 Å². The fourth-order valence-corrected chi connectivity index (χ4v) is 4.59. The zero-order chi connectivity index (χ0) is 21.3. The van der Waals surface area contributed by atoms with E-state index in [1.165, 1.54) is 28.0 Å². The Morgan fingerprint density at radius 2 is 1.68 bits per heavy atom. The summed E-state index contributed by atoms with van der Waals surface area (Å²) in [4.78, 5) is 0. The summed E-state index contributed by atoms with van der Waals surface area (Å²) < 4.78 is 0. The fraction of sp³-hybridized carbons (Fsp3) is 0.143. The van der Waals surface area contributed by atoms with Gasteiger partial charge in [-0.25, -0.2) is 0 Å². The fourth-order valence-electron chi connectivity index (χ4n) is 4.46. The Kier molecular flexibility index (Phi) is 5.17. The maximum absolute atomic E-state index is 6.11. The molecule has 0 amide bonds. The van der Waals surface area contributed by atoms with Crippen LogP contribution in [0.4, 0.5) is 5.69 Å². The quantitative estimate of drug-likeness (QED) is 0.475. The maximum atomic E-state index is 6.11. The normalized spacial score (nSPS) is 22.3. The van der Waals surface area contributed by atoms with Gasteiger partial charge in [0.05, 0.1) is 11.7 Å². The molecule has 3 heteroatoms. The molecule has 0 bridgehead atoms. The van der Waals surface area contributed by atoms with E-state index in [1.807, 2.05) is 18.3 Å². The summed E-state index contributed by atoms with van der Waals surface area (Å²) >= 11 is 6.11. The van der Waals surface area contributed by atoms with E-state index in [4.69, 9.17) is 11.6 Å². The van der Waals surface area contributed by atoms with Gasteiger partial charge in [-0.1, -0.05) is 97.4 Å². The molecule has 1 aliphatic heterocycles. The number of anilines is 1. The van der Waals surface area contributed by atoms with Crippen LogP contribution >= 0.6 is 11.6 Å². The molecule has 1 heterocycles. The molecule has 154 valence electrons. The van der Waals surface area contributed by atoms with Crippen molar-refractivity contribution in [2.75, 3.05) is 5.01 Å². The first-order valence-corrected chi connectivity index (χ1v) is 11.0. The highest BCUT2D eigenvalue weighted by Crippen LogP contribution is 2.42. The molecule has 1 aliphatic carbocycles. The van der Waals surface area contributed by atoms with Crippen LogP contribution in [-0.2, 0) is 5.41 Å². The van der Waals surface area contributed by atoms with Crippen molar-refractivity contribution in [3.05, 3.63) is 131 Å². The monoisotopic (exact) mass is 424 g/mol. The molecule has 5 rings (SSSR count). The van der Waals surface area contributed by atoms with Crippen molar-refractivity contribution >= 4 is 22.9 Å². The van der Waals surface area contributed by atoms with Crippen LogP contribution in [0.15, 0.2) is 109 Å². The van der Waals surface area contributed by atoms with Gasteiger partial charge in [-0.3, -0.25) is 5.01 Å². The van der Waals surface area contributed by atoms with Crippen molar-refractivity contribution < 1.29 is 0 Å². The van der Waals surface area contributed by atoms with Gasteiger partial charge >= 0.3 is 0 Å². The van der Waals surface area contributed by atoms with Gasteiger partial charge in [0, 0.05) is 16.6 Å². The van der Waals surface area contributed by atoms with Gasteiger partial charge in [-0.05, 0) is 53.0 Å². The smallest absolute Gasteiger partial charge is 0.0952 e. The van der Waals surface area contributed by atoms with Crippen molar-refractivity contribution in [1.29, 1.82) is 0 Å². The first kappa shape index (κ1) is 19.7. The minimum Gasteiger partial charge on any atom is -0.305 e. The minimum absolute atomic E-state index is 0.0797. The van der Waals surface area contributed by atoms with E-state index in [0.717, 1.165) is 11.4 Å². The van der Waals surface area contributed by atoms with E-state index in [9.17, 15) is 0 Å². The molecule has 0 spiro atoms. The van der Waals surface area contributed by atoms with Gasteiger partial charge in [0.2, 0.25) is 0 Å². The summed E-state index contributed by atoms with van der Waals surface area (Å²) in [6.07, 6.45) is 12.1. The molecule has 0 saturated carbocycles. The Morgan fingerprint density at radius 1 is 0.935 bits per heavy atom. The van der Waals surface area contributed by atoms with Crippen LogP contribution in [-0.4, -0.2) is 0 Å². The highest BCUT2D eigenvalue weighted by Gasteiger charge is 2.32. The van der Waals surface area contributed by atoms with E-state index in [-0.39, 0.29) is 11.5 Å². The largest absolute Gasteiger partial charge is 0.305 e. The predicted molar refractivity (Wildman–Crippen MR) is 131 cm³/mol. The lowest BCUT2D eigenvalue weighted by Gasteiger charge is -2.35. The summed E-state index contributed by atoms with van der Waals surface area (Å²) in [6, 6.07) is 27.5. The van der Waals surface area contributed by atoms with Crippen LogP contribution in [0.3, 0.4) is 0 Å². The third-order valence-corrected chi connectivity index (χ3v) is 6.50. The number of benzene rings is 3. The molecular weight excluding hydrogens is 400 g/mol. The van der Waals surface area contributed by atoms with Gasteiger partial charge < -0.3 is 5.43 Å². The summed E-state index contributed by atoms with van der Waals surface area (Å²) in [5.41, 5.74) is 9.63. The lowest BCUT2D eigenvalue weighted by atomic mass is 9.74. The Hall–Kier alpha value is -3.23. The van der Waals surface area contributed by atoms with Gasteiger partial charge in [0.25, 0.3) is 0 Å². The number of hydrazine groups is 1. The lowest BCUT2D eigenvalue weighted by molar-refractivity contribution is 0.592. The molecule has 2 unspecified atom stereocenters. The zero-order valence-electron chi connectivity index (χ0n) is 17.5. The average Bonchev–Trinajstić information content (AvgIpc) is 3.30. The molecule has 0 fully saturated rings. The van der Waals surface area contributed by atoms with E-state index < -0.39 is 0 Å². The molecule has 2 nitrogen and oxygen atoms in total. The van der Waals surface area contributed by atoms with Gasteiger partial charge in [0.1, 0.15) is 0 Å². The molecule has 2 atom stereocenters. The first-order chi connectivity index (χ1) is 15.1. The second-order valence-corrected chi connectivity index (χ2v) is 8.79. The van der Waals surface area contributed by atoms with Crippen LogP contribution in [0.5, 0.6) is 0 Å². The second-order valence-electron chi connectivity index (χ2n) is 8.35. The van der Waals surface area contributed by atoms with Crippen LogP contribution in [0.25, 0.3) is 5.57 Å². The number of allylic oxidation sites excluding steroid dienone is 4. The summed E-state index contributed by atoms with van der Waals surface area (Å²) in [5.74, 6) is 0. The Balaban J connectivity index is 1.47. The van der Waals surface area contributed by atoms with Crippen molar-refractivity contribution in [2.24, 2.45) is 0 Å². The van der Waals surface area contributed by atoms with Crippen molar-refractivity contribution in [1.82, 2.24) is 5.43 Å². The number of nitrogens with zero attached hydrogens (tertiary/aromatic N) is 1. The molecule has 31 heavy (non-hydrogen) atoms. The van der Waals surface area contributed by atoms with Crippen LogP contribution < -0.4 is 10.4 Å². The molecule has 3 aromatic rings. The Bertz CT molecular complexity index is 1160. The van der Waals surface area contributed by atoms with E-state index in [2.05, 4.69) is 108 Å². The predicted octanol–water partition coefficient (Wildman–Crippen LogP) is 7.22. The van der Waals surface area contributed by atoms with Crippen LogP contribution in [0.1, 0.15) is 36.1 Å². The highest BCUT2D eigenvalue weighted by molar-refractivity contribution is 6.30. The van der Waals surface area contributed by atoms with Gasteiger partial charge in [-0.15, -0.1) is 0 Å². The highest BCUT2D eigenvalue weighted by atomic mass is 35.5. The summed E-state index contributed by atoms with van der Waals surface area (Å²) in [6.45, 7) is 2.32. The Labute approximate surface area is 189 Å². The SMILES string of the molecule is CC1(c2ccccc2N2NC=CC2c2ccc(Cl)cc2)C=CC(c2ccccc2)=CC1. The maximum Gasteiger partial charge on any atom is 0.0952 e. The van der Waals surface area contributed by atoms with Crippen LogP contribution in [0.2, 0.25) is 5.02 Å². The number of rotatable bonds is 4. The molecule has 0 radical (unpaired) electrons. The molecule has 2 aliphatic rings. The number of hydrogen-bond acceptors (Lipinski definition) is 2.